The SMILES string of the molecule is CC(CCc1ccco1)NC(=O)NC(C)c1cccc(F)c1. The van der Waals surface area contributed by atoms with Crippen LogP contribution >= 0.6 is 0 Å². The number of hydrogen-bond donors (Lipinski definition) is 2. The maximum Gasteiger partial charge on any atom is 0.315 e. The normalized spacial score (nSPS) is 13.4. The number of amides is 2. The zero-order valence-electron chi connectivity index (χ0n) is 12.8. The van der Waals surface area contributed by atoms with Crippen molar-refractivity contribution < 1.29 is 13.6 Å². The summed E-state index contributed by atoms with van der Waals surface area (Å²) in [5.41, 5.74) is 0.735. The number of benzene rings is 1. The lowest BCUT2D eigenvalue weighted by Gasteiger charge is -2.18. The predicted octanol–water partition coefficient (Wildman–Crippen LogP) is 3.80. The van der Waals surface area contributed by atoms with E-state index in [1.807, 2.05) is 26.0 Å². The molecule has 0 aliphatic carbocycles. The second-order valence-electron chi connectivity index (χ2n) is 5.41. The molecule has 0 saturated heterocycles. The van der Waals surface area contributed by atoms with Crippen LogP contribution in [-0.4, -0.2) is 12.1 Å². The second kappa shape index (κ2) is 7.64. The van der Waals surface area contributed by atoms with Gasteiger partial charge in [-0.2, -0.15) is 0 Å². The van der Waals surface area contributed by atoms with Crippen LogP contribution < -0.4 is 10.6 Å². The highest BCUT2D eigenvalue weighted by molar-refractivity contribution is 5.74. The minimum absolute atomic E-state index is 0.0183. The molecule has 4 nitrogen and oxygen atoms in total. The van der Waals surface area contributed by atoms with Gasteiger partial charge in [-0.1, -0.05) is 12.1 Å². The fourth-order valence-corrected chi connectivity index (χ4v) is 2.21. The first-order chi connectivity index (χ1) is 10.5. The van der Waals surface area contributed by atoms with Gasteiger partial charge < -0.3 is 15.1 Å². The fraction of sp³-hybridized carbons (Fsp3) is 0.353. The molecule has 5 heteroatoms. The van der Waals surface area contributed by atoms with Gasteiger partial charge in [-0.15, -0.1) is 0 Å². The largest absolute Gasteiger partial charge is 0.469 e. The van der Waals surface area contributed by atoms with Crippen LogP contribution in [0.5, 0.6) is 0 Å². The van der Waals surface area contributed by atoms with Crippen molar-refractivity contribution in [3.63, 3.8) is 0 Å². The third-order valence-electron chi connectivity index (χ3n) is 3.48. The zero-order valence-corrected chi connectivity index (χ0v) is 12.8. The lowest BCUT2D eigenvalue weighted by molar-refractivity contribution is 0.234. The summed E-state index contributed by atoms with van der Waals surface area (Å²) in [6.07, 6.45) is 3.20. The lowest BCUT2D eigenvalue weighted by Crippen LogP contribution is -2.41. The van der Waals surface area contributed by atoms with E-state index in [9.17, 15) is 9.18 Å². The number of urea groups is 1. The van der Waals surface area contributed by atoms with Crippen molar-refractivity contribution in [3.8, 4) is 0 Å². The summed E-state index contributed by atoms with van der Waals surface area (Å²) in [7, 11) is 0. The number of furan rings is 1. The number of carbonyl (C=O) groups excluding carboxylic acids is 1. The highest BCUT2D eigenvalue weighted by Crippen LogP contribution is 2.13. The molecular formula is C17H21FN2O2. The molecule has 2 rings (SSSR count). The van der Waals surface area contributed by atoms with Crippen molar-refractivity contribution in [1.82, 2.24) is 10.6 Å². The first kappa shape index (κ1) is 16.1. The Morgan fingerprint density at radius 3 is 2.73 bits per heavy atom. The number of halogens is 1. The molecule has 2 amide bonds. The summed E-state index contributed by atoms with van der Waals surface area (Å²) in [4.78, 5) is 11.9. The van der Waals surface area contributed by atoms with E-state index < -0.39 is 0 Å². The van der Waals surface area contributed by atoms with Gasteiger partial charge in [0.2, 0.25) is 0 Å². The van der Waals surface area contributed by atoms with Gasteiger partial charge in [0, 0.05) is 12.5 Å². The van der Waals surface area contributed by atoms with Gasteiger partial charge >= 0.3 is 6.03 Å². The lowest BCUT2D eigenvalue weighted by atomic mass is 10.1. The van der Waals surface area contributed by atoms with Gasteiger partial charge in [-0.25, -0.2) is 9.18 Å². The van der Waals surface area contributed by atoms with E-state index in [0.717, 1.165) is 24.2 Å². The van der Waals surface area contributed by atoms with Crippen LogP contribution in [0.25, 0.3) is 0 Å². The van der Waals surface area contributed by atoms with Crippen molar-refractivity contribution in [1.29, 1.82) is 0 Å². The molecule has 1 aromatic carbocycles. The Labute approximate surface area is 129 Å². The molecule has 0 radical (unpaired) electrons. The standard InChI is InChI=1S/C17H21FN2O2/c1-12(8-9-16-7-4-10-22-16)19-17(21)20-13(2)14-5-3-6-15(18)11-14/h3-7,10-13H,8-9H2,1-2H3,(H2,19,20,21). The Hall–Kier alpha value is -2.30. The summed E-state index contributed by atoms with van der Waals surface area (Å²) < 4.78 is 18.4. The van der Waals surface area contributed by atoms with Crippen molar-refractivity contribution in [3.05, 3.63) is 59.8 Å². The second-order valence-corrected chi connectivity index (χ2v) is 5.41. The minimum atomic E-state index is -0.307. The van der Waals surface area contributed by atoms with Gasteiger partial charge in [-0.05, 0) is 50.1 Å². The van der Waals surface area contributed by atoms with Crippen LogP contribution in [0.2, 0.25) is 0 Å². The Morgan fingerprint density at radius 2 is 2.05 bits per heavy atom. The molecule has 0 aliphatic heterocycles. The van der Waals surface area contributed by atoms with Crippen LogP contribution in [0.15, 0.2) is 47.1 Å². The fourth-order valence-electron chi connectivity index (χ4n) is 2.21. The number of carbonyl (C=O) groups is 1. The summed E-state index contributed by atoms with van der Waals surface area (Å²) in [5.74, 6) is 0.598. The molecule has 1 heterocycles. The minimum Gasteiger partial charge on any atom is -0.469 e. The highest BCUT2D eigenvalue weighted by atomic mass is 19.1. The van der Waals surface area contributed by atoms with Crippen molar-refractivity contribution in [2.24, 2.45) is 0 Å². The van der Waals surface area contributed by atoms with Crippen LogP contribution in [0.3, 0.4) is 0 Å². The first-order valence-corrected chi connectivity index (χ1v) is 7.39. The topological polar surface area (TPSA) is 54.3 Å². The third-order valence-corrected chi connectivity index (χ3v) is 3.48. The summed E-state index contributed by atoms with van der Waals surface area (Å²) in [5, 5.41) is 5.68. The van der Waals surface area contributed by atoms with Crippen molar-refractivity contribution in [2.75, 3.05) is 0 Å². The molecule has 2 N–H and O–H groups in total. The van der Waals surface area contributed by atoms with Crippen LogP contribution in [-0.2, 0) is 6.42 Å². The molecule has 1 aromatic heterocycles. The molecule has 0 spiro atoms. The number of aryl methyl sites for hydroxylation is 1. The van der Waals surface area contributed by atoms with E-state index in [2.05, 4.69) is 10.6 Å². The average Bonchev–Trinajstić information content (AvgIpc) is 2.98. The van der Waals surface area contributed by atoms with Gasteiger partial charge in [0.05, 0.1) is 12.3 Å². The van der Waals surface area contributed by atoms with E-state index >= 15 is 0 Å². The van der Waals surface area contributed by atoms with Crippen LogP contribution in [0, 0.1) is 5.82 Å². The van der Waals surface area contributed by atoms with E-state index in [-0.39, 0.29) is 23.9 Å². The maximum atomic E-state index is 13.2. The number of hydrogen-bond acceptors (Lipinski definition) is 2. The van der Waals surface area contributed by atoms with Crippen molar-refractivity contribution in [2.45, 2.75) is 38.8 Å². The Balaban J connectivity index is 1.76. The molecule has 0 bridgehead atoms. The van der Waals surface area contributed by atoms with Crippen molar-refractivity contribution >= 4 is 6.03 Å². The highest BCUT2D eigenvalue weighted by Gasteiger charge is 2.12. The molecule has 2 unspecified atom stereocenters. The number of nitrogens with one attached hydrogen (secondary N) is 2. The Bertz CT molecular complexity index is 598. The van der Waals surface area contributed by atoms with Gasteiger partial charge in [0.1, 0.15) is 11.6 Å². The van der Waals surface area contributed by atoms with Gasteiger partial charge in [0.15, 0.2) is 0 Å². The molecular weight excluding hydrogens is 283 g/mol. The van der Waals surface area contributed by atoms with E-state index in [0.29, 0.717) is 0 Å². The molecule has 0 aliphatic rings. The average molecular weight is 304 g/mol. The Morgan fingerprint density at radius 1 is 1.23 bits per heavy atom. The molecule has 0 fully saturated rings. The molecule has 0 saturated carbocycles. The molecule has 118 valence electrons. The van der Waals surface area contributed by atoms with E-state index in [4.69, 9.17) is 4.42 Å². The smallest absolute Gasteiger partial charge is 0.315 e. The summed E-state index contributed by atoms with van der Waals surface area (Å²) in [6.45, 7) is 3.76. The molecule has 2 aromatic rings. The summed E-state index contributed by atoms with van der Waals surface area (Å²) in [6, 6.07) is 9.49. The quantitative estimate of drug-likeness (QED) is 0.853. The van der Waals surface area contributed by atoms with Gasteiger partial charge in [0.25, 0.3) is 0 Å². The zero-order chi connectivity index (χ0) is 15.9. The molecule has 22 heavy (non-hydrogen) atoms. The predicted molar refractivity (Wildman–Crippen MR) is 83.0 cm³/mol. The monoisotopic (exact) mass is 304 g/mol. The summed E-state index contributed by atoms with van der Waals surface area (Å²) >= 11 is 0. The van der Waals surface area contributed by atoms with Crippen LogP contribution in [0.1, 0.15) is 37.6 Å². The molecule has 2 atom stereocenters. The number of rotatable bonds is 6. The third kappa shape index (κ3) is 4.91. The first-order valence-electron chi connectivity index (χ1n) is 7.39. The Kier molecular flexibility index (Phi) is 5.58. The van der Waals surface area contributed by atoms with E-state index in [1.165, 1.54) is 12.1 Å². The van der Waals surface area contributed by atoms with E-state index in [1.54, 1.807) is 18.4 Å². The maximum absolute atomic E-state index is 13.2. The van der Waals surface area contributed by atoms with Crippen LogP contribution in [0.4, 0.5) is 9.18 Å². The van der Waals surface area contributed by atoms with Gasteiger partial charge in [-0.3, -0.25) is 0 Å².